The molecule has 0 bridgehead atoms. The first-order valence-electron chi connectivity index (χ1n) is 13.9. The number of aromatic nitrogens is 4. The number of carbonyl (C=O) groups is 1. The Labute approximate surface area is 242 Å². The maximum absolute atomic E-state index is 14.1. The lowest BCUT2D eigenvalue weighted by molar-refractivity contribution is 0.200. The molecule has 214 valence electrons. The van der Waals surface area contributed by atoms with Crippen LogP contribution in [0.1, 0.15) is 63.4 Å². The first kappa shape index (κ1) is 28.5. The minimum atomic E-state index is -1.39. The van der Waals surface area contributed by atoms with Gasteiger partial charge in [-0.25, -0.2) is 19.2 Å². The van der Waals surface area contributed by atoms with Crippen molar-refractivity contribution in [3.63, 3.8) is 0 Å². The number of anilines is 1. The van der Waals surface area contributed by atoms with E-state index in [-0.39, 0.29) is 17.7 Å². The molecule has 1 aliphatic rings. The van der Waals surface area contributed by atoms with E-state index in [4.69, 9.17) is 22.0 Å². The number of imidazole rings is 1. The Kier molecular flexibility index (Phi) is 8.49. The Morgan fingerprint density at radius 2 is 1.90 bits per heavy atom. The van der Waals surface area contributed by atoms with Gasteiger partial charge in [-0.2, -0.15) is 4.98 Å². The van der Waals surface area contributed by atoms with E-state index in [1.807, 2.05) is 30.4 Å². The lowest BCUT2D eigenvalue weighted by Gasteiger charge is -2.28. The number of fused-ring (bicyclic) bond motifs is 1. The smallest absolute Gasteiger partial charge is 0.410 e. The molecular formula is C30H33ClFN7O2. The predicted octanol–water partition coefficient (Wildman–Crippen LogP) is 7.27. The van der Waals surface area contributed by atoms with E-state index in [1.165, 1.54) is 12.1 Å². The summed E-state index contributed by atoms with van der Waals surface area (Å²) in [5.41, 5.74) is 2.97. The summed E-state index contributed by atoms with van der Waals surface area (Å²) in [5.74, 6) is 0.797. The molecule has 1 atom stereocenters. The molecule has 0 unspecified atom stereocenters. The number of nitrogens with zero attached hydrogens (tertiary/aromatic N) is 4. The van der Waals surface area contributed by atoms with Crippen LogP contribution in [0.2, 0.25) is 5.02 Å². The van der Waals surface area contributed by atoms with Gasteiger partial charge in [0.1, 0.15) is 17.0 Å². The monoisotopic (exact) mass is 577 g/mol. The number of carboxylic acid groups (broad SMARTS) is 1. The highest BCUT2D eigenvalue weighted by Crippen LogP contribution is 2.36. The van der Waals surface area contributed by atoms with Gasteiger partial charge in [0.15, 0.2) is 17.3 Å². The van der Waals surface area contributed by atoms with Crippen LogP contribution >= 0.6 is 11.6 Å². The number of benzene rings is 2. The van der Waals surface area contributed by atoms with Crippen molar-refractivity contribution >= 4 is 40.6 Å². The Hall–Kier alpha value is -4.05. The summed E-state index contributed by atoms with van der Waals surface area (Å²) >= 11 is 6.36. The molecule has 0 radical (unpaired) electrons. The van der Waals surface area contributed by atoms with Crippen LogP contribution in [0.3, 0.4) is 0 Å². The van der Waals surface area contributed by atoms with Crippen molar-refractivity contribution < 1.29 is 14.3 Å². The number of amidine groups is 1. The molecule has 0 saturated heterocycles. The third-order valence-corrected chi connectivity index (χ3v) is 7.93. The third kappa shape index (κ3) is 6.48. The fourth-order valence-corrected chi connectivity index (χ4v) is 5.70. The third-order valence-electron chi connectivity index (χ3n) is 7.70. The van der Waals surface area contributed by atoms with Crippen molar-refractivity contribution in [2.24, 2.45) is 11.8 Å². The first-order valence-corrected chi connectivity index (χ1v) is 14.2. The Morgan fingerprint density at radius 3 is 2.59 bits per heavy atom. The average molecular weight is 578 g/mol. The van der Waals surface area contributed by atoms with Gasteiger partial charge < -0.3 is 15.0 Å². The Morgan fingerprint density at radius 1 is 1.15 bits per heavy atom. The van der Waals surface area contributed by atoms with Crippen LogP contribution in [0.4, 0.5) is 15.1 Å². The van der Waals surface area contributed by atoms with Crippen LogP contribution in [0, 0.1) is 23.1 Å². The highest BCUT2D eigenvalue weighted by Gasteiger charge is 2.26. The zero-order chi connectivity index (χ0) is 29.1. The number of nitrogens with one attached hydrogen (secondary N) is 3. The summed E-state index contributed by atoms with van der Waals surface area (Å²) in [4.78, 5) is 25.3. The molecule has 2 aromatic carbocycles. The van der Waals surface area contributed by atoms with E-state index in [9.17, 15) is 14.3 Å². The van der Waals surface area contributed by atoms with Crippen molar-refractivity contribution in [1.82, 2.24) is 24.8 Å². The SMILES string of the molecule is CC[C@H](Nc1nc2nc(C(=N)NC(=O)O)nc(-c3cccc(Cl)c3)c2n1C[C@H]1CC[C@H](C)CC1)c1cccc(F)c1. The largest absolute Gasteiger partial charge is 0.465 e. The fraction of sp³-hybridized carbons (Fsp3) is 0.367. The number of amides is 1. The number of rotatable bonds is 8. The molecular weight excluding hydrogens is 545 g/mol. The van der Waals surface area contributed by atoms with E-state index in [2.05, 4.69) is 26.8 Å². The predicted molar refractivity (Wildman–Crippen MR) is 158 cm³/mol. The summed E-state index contributed by atoms with van der Waals surface area (Å²) in [6.07, 6.45) is 3.77. The minimum absolute atomic E-state index is 0.102. The molecule has 11 heteroatoms. The quantitative estimate of drug-likeness (QED) is 0.129. The normalized spacial score (nSPS) is 17.8. The van der Waals surface area contributed by atoms with Crippen molar-refractivity contribution in [2.75, 3.05) is 5.32 Å². The van der Waals surface area contributed by atoms with Crippen molar-refractivity contribution in [2.45, 2.75) is 58.5 Å². The van der Waals surface area contributed by atoms with Crippen LogP contribution in [0.5, 0.6) is 0 Å². The summed E-state index contributed by atoms with van der Waals surface area (Å²) in [5, 5.41) is 23.5. The highest BCUT2D eigenvalue weighted by molar-refractivity contribution is 6.30. The summed E-state index contributed by atoms with van der Waals surface area (Å²) in [6, 6.07) is 13.5. The van der Waals surface area contributed by atoms with Gasteiger partial charge in [-0.15, -0.1) is 0 Å². The summed E-state index contributed by atoms with van der Waals surface area (Å²) in [7, 11) is 0. The van der Waals surface area contributed by atoms with Gasteiger partial charge in [0, 0.05) is 17.1 Å². The molecule has 1 aliphatic carbocycles. The molecule has 0 aliphatic heterocycles. The zero-order valence-electron chi connectivity index (χ0n) is 23.0. The van der Waals surface area contributed by atoms with Gasteiger partial charge in [0.25, 0.3) is 0 Å². The second-order valence-electron chi connectivity index (χ2n) is 10.7. The van der Waals surface area contributed by atoms with E-state index in [1.54, 1.807) is 18.2 Å². The standard InChI is InChI=1S/C30H33ClFN7O2/c1-3-23(19-6-5-9-22(32)15-19)34-29-38-27-25(39(29)16-18-12-10-17(2)11-13-18)24(20-7-4-8-21(31)14-20)35-28(37-27)26(33)36-30(40)41/h4-9,14-15,17-18,23H,3,10-13,16H2,1-2H3,(H2,33,36)(H,40,41)(H,34,35,37,38)/t17-,18-,23-/m0/s1. The van der Waals surface area contributed by atoms with Gasteiger partial charge in [-0.1, -0.05) is 62.6 Å². The molecule has 2 aromatic heterocycles. The number of hydrogen-bond donors (Lipinski definition) is 4. The molecule has 5 rings (SSSR count). The zero-order valence-corrected chi connectivity index (χ0v) is 23.7. The van der Waals surface area contributed by atoms with Gasteiger partial charge in [-0.3, -0.25) is 10.7 Å². The van der Waals surface area contributed by atoms with Gasteiger partial charge in [0.05, 0.1) is 6.04 Å². The first-order chi connectivity index (χ1) is 19.7. The van der Waals surface area contributed by atoms with Crippen molar-refractivity contribution in [3.8, 4) is 11.3 Å². The summed E-state index contributed by atoms with van der Waals surface area (Å²) in [6.45, 7) is 4.98. The second kappa shape index (κ2) is 12.2. The maximum Gasteiger partial charge on any atom is 0.410 e. The Bertz CT molecular complexity index is 1580. The van der Waals surface area contributed by atoms with E-state index >= 15 is 0 Å². The lowest BCUT2D eigenvalue weighted by Crippen LogP contribution is -2.30. The van der Waals surface area contributed by atoms with Crippen molar-refractivity contribution in [3.05, 3.63) is 70.8 Å². The van der Waals surface area contributed by atoms with Crippen LogP contribution in [0.25, 0.3) is 22.4 Å². The topological polar surface area (TPSA) is 129 Å². The molecule has 1 fully saturated rings. The van der Waals surface area contributed by atoms with Crippen LogP contribution in [0.15, 0.2) is 48.5 Å². The highest BCUT2D eigenvalue weighted by atomic mass is 35.5. The van der Waals surface area contributed by atoms with E-state index in [0.29, 0.717) is 58.2 Å². The van der Waals surface area contributed by atoms with Crippen molar-refractivity contribution in [1.29, 1.82) is 5.41 Å². The molecule has 2 heterocycles. The van der Waals surface area contributed by atoms with Crippen LogP contribution in [-0.2, 0) is 6.54 Å². The van der Waals surface area contributed by atoms with Gasteiger partial charge >= 0.3 is 6.09 Å². The van der Waals surface area contributed by atoms with Crippen LogP contribution in [-0.4, -0.2) is 36.6 Å². The minimum Gasteiger partial charge on any atom is -0.465 e. The van der Waals surface area contributed by atoms with Gasteiger partial charge in [0.2, 0.25) is 5.95 Å². The van der Waals surface area contributed by atoms with E-state index in [0.717, 1.165) is 31.2 Å². The van der Waals surface area contributed by atoms with Gasteiger partial charge in [-0.05, 0) is 60.9 Å². The maximum atomic E-state index is 14.1. The lowest BCUT2D eigenvalue weighted by atomic mass is 9.83. The molecule has 4 N–H and O–H groups in total. The fourth-order valence-electron chi connectivity index (χ4n) is 5.51. The molecule has 9 nitrogen and oxygen atoms in total. The van der Waals surface area contributed by atoms with E-state index < -0.39 is 11.9 Å². The number of halogens is 2. The number of hydrogen-bond acceptors (Lipinski definition) is 6. The molecule has 0 spiro atoms. The van der Waals surface area contributed by atoms with Crippen LogP contribution < -0.4 is 10.6 Å². The molecule has 1 saturated carbocycles. The summed E-state index contributed by atoms with van der Waals surface area (Å²) < 4.78 is 16.2. The Balaban J connectivity index is 1.69. The molecule has 41 heavy (non-hydrogen) atoms. The molecule has 4 aromatic rings. The second-order valence-corrected chi connectivity index (χ2v) is 11.2. The average Bonchev–Trinajstić information content (AvgIpc) is 3.28. The molecule has 1 amide bonds.